The van der Waals surface area contributed by atoms with E-state index in [9.17, 15) is 9.59 Å². The zero-order chi connectivity index (χ0) is 14.0. The van der Waals surface area contributed by atoms with Crippen molar-refractivity contribution in [1.82, 2.24) is 5.32 Å². The Bertz CT molecular complexity index is 260. The number of carbonyl (C=O) groups is 2. The molecule has 5 nitrogen and oxygen atoms in total. The molecule has 1 atom stereocenters. The lowest BCUT2D eigenvalue weighted by Crippen LogP contribution is -2.30. The Labute approximate surface area is 113 Å². The minimum Gasteiger partial charge on any atom is -0.480 e. The number of carboxylic acid groups (broad SMARTS) is 1. The Kier molecular flexibility index (Phi) is 9.77. The van der Waals surface area contributed by atoms with Gasteiger partial charge in [0.1, 0.15) is 6.04 Å². The highest BCUT2D eigenvalue weighted by Crippen LogP contribution is 2.09. The van der Waals surface area contributed by atoms with Gasteiger partial charge in [-0.3, -0.25) is 9.59 Å². The van der Waals surface area contributed by atoms with Crippen molar-refractivity contribution in [3.8, 4) is 0 Å². The lowest BCUT2D eigenvalue weighted by Gasteiger charge is -2.08. The first-order valence-corrected chi connectivity index (χ1v) is 7.35. The van der Waals surface area contributed by atoms with E-state index in [-0.39, 0.29) is 5.91 Å². The van der Waals surface area contributed by atoms with E-state index in [0.717, 1.165) is 12.2 Å². The van der Waals surface area contributed by atoms with Gasteiger partial charge < -0.3 is 16.2 Å². The van der Waals surface area contributed by atoms with Gasteiger partial charge in [-0.1, -0.05) is 13.8 Å². The molecule has 0 aliphatic heterocycles. The van der Waals surface area contributed by atoms with Crippen molar-refractivity contribution in [1.29, 1.82) is 0 Å². The van der Waals surface area contributed by atoms with Crippen molar-refractivity contribution in [2.45, 2.75) is 50.8 Å². The summed E-state index contributed by atoms with van der Waals surface area (Å²) in [7, 11) is 0. The number of nitrogens with two attached hydrogens (primary N) is 1. The fourth-order valence-corrected chi connectivity index (χ4v) is 2.09. The summed E-state index contributed by atoms with van der Waals surface area (Å²) in [4.78, 5) is 21.8. The third-order valence-electron chi connectivity index (χ3n) is 2.36. The van der Waals surface area contributed by atoms with Gasteiger partial charge in [0, 0.05) is 18.7 Å². The highest BCUT2D eigenvalue weighted by Gasteiger charge is 2.10. The van der Waals surface area contributed by atoms with Gasteiger partial charge in [0.15, 0.2) is 0 Å². The lowest BCUT2D eigenvalue weighted by molar-refractivity contribution is -0.138. The smallest absolute Gasteiger partial charge is 0.320 e. The van der Waals surface area contributed by atoms with Crippen molar-refractivity contribution < 1.29 is 14.7 Å². The van der Waals surface area contributed by atoms with Crippen LogP contribution in [0.25, 0.3) is 0 Å². The number of nitrogens with one attached hydrogen (secondary N) is 1. The molecule has 106 valence electrons. The Hall–Kier alpha value is -0.750. The Morgan fingerprint density at radius 2 is 2.00 bits per heavy atom. The van der Waals surface area contributed by atoms with E-state index in [4.69, 9.17) is 10.8 Å². The third kappa shape index (κ3) is 10.4. The Balaban J connectivity index is 3.38. The summed E-state index contributed by atoms with van der Waals surface area (Å²) in [6.45, 7) is 4.81. The van der Waals surface area contributed by atoms with Gasteiger partial charge in [0.2, 0.25) is 5.91 Å². The Morgan fingerprint density at radius 1 is 1.33 bits per heavy atom. The van der Waals surface area contributed by atoms with Crippen LogP contribution in [0.3, 0.4) is 0 Å². The number of hydrogen-bond acceptors (Lipinski definition) is 4. The first-order chi connectivity index (χ1) is 8.43. The molecule has 0 unspecified atom stereocenters. The van der Waals surface area contributed by atoms with Crippen molar-refractivity contribution in [2.75, 3.05) is 12.3 Å². The summed E-state index contributed by atoms with van der Waals surface area (Å²) >= 11 is 1.77. The summed E-state index contributed by atoms with van der Waals surface area (Å²) in [6.07, 6.45) is 2.48. The van der Waals surface area contributed by atoms with Crippen molar-refractivity contribution in [2.24, 2.45) is 5.73 Å². The molecular formula is C12H24N2O3S. The quantitative estimate of drug-likeness (QED) is 0.522. The van der Waals surface area contributed by atoms with Gasteiger partial charge in [0.05, 0.1) is 0 Å². The van der Waals surface area contributed by atoms with E-state index in [1.165, 1.54) is 0 Å². The summed E-state index contributed by atoms with van der Waals surface area (Å²) in [5.41, 5.74) is 5.36. The molecule has 0 rings (SSSR count). The second kappa shape index (κ2) is 10.2. The number of thioether (sulfide) groups is 1. The van der Waals surface area contributed by atoms with Gasteiger partial charge in [-0.2, -0.15) is 11.8 Å². The maximum absolute atomic E-state index is 11.4. The average Bonchev–Trinajstić information content (AvgIpc) is 2.27. The predicted molar refractivity (Wildman–Crippen MR) is 74.7 cm³/mol. The van der Waals surface area contributed by atoms with Crippen molar-refractivity contribution >= 4 is 23.6 Å². The van der Waals surface area contributed by atoms with Crippen molar-refractivity contribution in [3.05, 3.63) is 0 Å². The van der Waals surface area contributed by atoms with Gasteiger partial charge >= 0.3 is 5.97 Å². The fraction of sp³-hybridized carbons (Fsp3) is 0.833. The number of aliphatic carboxylic acids is 1. The highest BCUT2D eigenvalue weighted by atomic mass is 32.2. The molecule has 6 heteroatoms. The molecule has 0 aromatic heterocycles. The minimum atomic E-state index is -0.968. The molecule has 0 heterocycles. The SMILES string of the molecule is CC(C)SCCC(=O)NCCCC[C@H](N)C(=O)O. The molecule has 0 saturated heterocycles. The summed E-state index contributed by atoms with van der Waals surface area (Å²) in [6, 6.07) is -0.789. The lowest BCUT2D eigenvalue weighted by atomic mass is 10.1. The highest BCUT2D eigenvalue weighted by molar-refractivity contribution is 7.99. The molecule has 0 aromatic carbocycles. The first kappa shape index (κ1) is 17.2. The summed E-state index contributed by atoms with van der Waals surface area (Å²) in [5.74, 6) is -0.0663. The van der Waals surface area contributed by atoms with E-state index in [1.54, 1.807) is 11.8 Å². The van der Waals surface area contributed by atoms with Gasteiger partial charge in [-0.15, -0.1) is 0 Å². The largest absolute Gasteiger partial charge is 0.480 e. The summed E-state index contributed by atoms with van der Waals surface area (Å²) < 4.78 is 0. The molecule has 0 spiro atoms. The van der Waals surface area contributed by atoms with Crippen LogP contribution in [-0.2, 0) is 9.59 Å². The van der Waals surface area contributed by atoms with E-state index < -0.39 is 12.0 Å². The molecular weight excluding hydrogens is 252 g/mol. The van der Waals surface area contributed by atoms with E-state index >= 15 is 0 Å². The molecule has 0 fully saturated rings. The zero-order valence-electron chi connectivity index (χ0n) is 11.1. The Morgan fingerprint density at radius 3 is 2.56 bits per heavy atom. The molecule has 0 bridgehead atoms. The maximum Gasteiger partial charge on any atom is 0.320 e. The van der Waals surface area contributed by atoms with Crippen LogP contribution in [0.15, 0.2) is 0 Å². The van der Waals surface area contributed by atoms with E-state index in [2.05, 4.69) is 19.2 Å². The number of rotatable bonds is 10. The van der Waals surface area contributed by atoms with E-state index in [1.807, 2.05) is 0 Å². The molecule has 1 amide bonds. The second-order valence-electron chi connectivity index (χ2n) is 4.46. The molecule has 0 aliphatic carbocycles. The molecule has 0 radical (unpaired) electrons. The normalized spacial score (nSPS) is 12.4. The van der Waals surface area contributed by atoms with Gasteiger partial charge in [-0.05, 0) is 24.5 Å². The third-order valence-corrected chi connectivity index (χ3v) is 3.47. The standard InChI is InChI=1S/C12H24N2O3S/c1-9(2)18-8-6-11(15)14-7-4-3-5-10(13)12(16)17/h9-10H,3-8,13H2,1-2H3,(H,14,15)(H,16,17)/t10-/m0/s1. The monoisotopic (exact) mass is 276 g/mol. The molecule has 0 saturated carbocycles. The zero-order valence-corrected chi connectivity index (χ0v) is 12.0. The number of amides is 1. The van der Waals surface area contributed by atoms with Crippen molar-refractivity contribution in [3.63, 3.8) is 0 Å². The molecule has 4 N–H and O–H groups in total. The van der Waals surface area contributed by atoms with Crippen LogP contribution >= 0.6 is 11.8 Å². The second-order valence-corrected chi connectivity index (χ2v) is 6.14. The fourth-order valence-electron chi connectivity index (χ4n) is 1.32. The van der Waals surface area contributed by atoms with Gasteiger partial charge in [-0.25, -0.2) is 0 Å². The van der Waals surface area contributed by atoms with Crippen LogP contribution in [0.2, 0.25) is 0 Å². The molecule has 0 aromatic rings. The number of carbonyl (C=O) groups excluding carboxylic acids is 1. The van der Waals surface area contributed by atoms with Crippen LogP contribution in [-0.4, -0.2) is 40.6 Å². The molecule has 18 heavy (non-hydrogen) atoms. The van der Waals surface area contributed by atoms with Gasteiger partial charge in [0.25, 0.3) is 0 Å². The maximum atomic E-state index is 11.4. The van der Waals surface area contributed by atoms with Crippen LogP contribution in [0.1, 0.15) is 39.5 Å². The first-order valence-electron chi connectivity index (χ1n) is 6.30. The minimum absolute atomic E-state index is 0.0608. The van der Waals surface area contributed by atoms with Crippen LogP contribution < -0.4 is 11.1 Å². The van der Waals surface area contributed by atoms with E-state index in [0.29, 0.717) is 31.1 Å². The predicted octanol–water partition coefficient (Wildman–Crippen LogP) is 1.22. The number of unbranched alkanes of at least 4 members (excludes halogenated alkanes) is 1. The van der Waals surface area contributed by atoms with Crippen LogP contribution in [0, 0.1) is 0 Å². The number of carboxylic acids is 1. The van der Waals surface area contributed by atoms with Crippen LogP contribution in [0.4, 0.5) is 0 Å². The molecule has 0 aliphatic rings. The topological polar surface area (TPSA) is 92.4 Å². The summed E-state index contributed by atoms with van der Waals surface area (Å²) in [5, 5.41) is 11.9. The van der Waals surface area contributed by atoms with Crippen LogP contribution in [0.5, 0.6) is 0 Å². The number of hydrogen-bond donors (Lipinski definition) is 3. The average molecular weight is 276 g/mol.